The number of hydrogen-bond acceptors (Lipinski definition) is 10. The third-order valence-electron chi connectivity index (χ3n) is 14.5. The summed E-state index contributed by atoms with van der Waals surface area (Å²) in [6, 6.07) is -0.818. The second kappa shape index (κ2) is 52.0. The van der Waals surface area contributed by atoms with Crippen molar-refractivity contribution in [2.45, 2.75) is 326 Å². The van der Waals surface area contributed by atoms with E-state index in [1.807, 2.05) is 6.08 Å². The number of carbonyl (C=O) groups is 2. The van der Waals surface area contributed by atoms with E-state index in [0.29, 0.717) is 19.4 Å². The van der Waals surface area contributed by atoms with Crippen molar-refractivity contribution in [1.29, 1.82) is 0 Å². The SMILES string of the molecule is CCCCCCCC/C=C\CCCCCCCCCCCC(=O)OCCCCCCCC/C=C\CCCCCCCCCC(=O)NC(COC1OC(CO)C(O)C(O)C1O)C(O)/C=C/CCCCCCCCC. The maximum absolute atomic E-state index is 13.0. The fourth-order valence-corrected chi connectivity index (χ4v) is 9.54. The Balaban J connectivity index is 2.02. The number of allylic oxidation sites excluding steroid dienone is 5. The molecule has 0 saturated carbocycles. The summed E-state index contributed by atoms with van der Waals surface area (Å²) in [6.07, 6.45) is 53.9. The fraction of sp³-hybridized carbons (Fsp3) is 0.871. The monoisotopic (exact) mass is 1030 g/mol. The molecule has 0 aromatic carbocycles. The molecule has 0 bridgehead atoms. The molecular formula is C62H115NO10. The summed E-state index contributed by atoms with van der Waals surface area (Å²) in [4.78, 5) is 25.1. The van der Waals surface area contributed by atoms with Gasteiger partial charge in [-0.2, -0.15) is 0 Å². The largest absolute Gasteiger partial charge is 0.466 e. The Kier molecular flexibility index (Phi) is 49.0. The quantitative estimate of drug-likeness (QED) is 0.0195. The van der Waals surface area contributed by atoms with E-state index in [1.165, 1.54) is 173 Å². The molecule has 0 aromatic heterocycles. The first-order chi connectivity index (χ1) is 35.7. The molecule has 6 N–H and O–H groups in total. The minimum absolute atomic E-state index is 0.0193. The summed E-state index contributed by atoms with van der Waals surface area (Å²) in [5.41, 5.74) is 0. The number of unbranched alkanes of at least 4 members (excludes halogenated alkanes) is 35. The van der Waals surface area contributed by atoms with Gasteiger partial charge in [-0.1, -0.05) is 224 Å². The molecule has 1 aliphatic heterocycles. The molecule has 1 rings (SSSR count). The lowest BCUT2D eigenvalue weighted by Gasteiger charge is -2.40. The molecule has 7 unspecified atom stereocenters. The van der Waals surface area contributed by atoms with E-state index in [4.69, 9.17) is 14.2 Å². The van der Waals surface area contributed by atoms with E-state index in [1.54, 1.807) is 6.08 Å². The smallest absolute Gasteiger partial charge is 0.305 e. The van der Waals surface area contributed by atoms with Crippen molar-refractivity contribution >= 4 is 11.9 Å². The number of aliphatic hydroxyl groups excluding tert-OH is 5. The van der Waals surface area contributed by atoms with Crippen LogP contribution >= 0.6 is 0 Å². The van der Waals surface area contributed by atoms with E-state index in [0.717, 1.165) is 83.5 Å². The van der Waals surface area contributed by atoms with Crippen LogP contribution in [0.5, 0.6) is 0 Å². The minimum atomic E-state index is -1.57. The van der Waals surface area contributed by atoms with Crippen LogP contribution in [0, 0.1) is 0 Å². The number of nitrogens with one attached hydrogen (secondary N) is 1. The van der Waals surface area contributed by atoms with Gasteiger partial charge in [-0.05, 0) is 83.5 Å². The van der Waals surface area contributed by atoms with Gasteiger partial charge in [0.1, 0.15) is 24.4 Å². The Morgan fingerprint density at radius 3 is 1.32 bits per heavy atom. The molecule has 1 aliphatic rings. The van der Waals surface area contributed by atoms with Gasteiger partial charge in [-0.3, -0.25) is 9.59 Å². The van der Waals surface area contributed by atoms with Gasteiger partial charge in [0.05, 0.1) is 32.0 Å². The Bertz CT molecular complexity index is 1310. The standard InChI is InChI=1S/C62H115NO10/c1-3-5-7-9-11-13-14-15-16-17-18-21-24-27-30-34-38-42-46-50-58(67)71-51-47-43-39-35-31-28-25-22-19-20-23-26-29-33-37-41-45-49-57(66)63-54(55(65)48-44-40-36-32-12-10-8-6-4-2)53-72-62-61(70)60(69)59(68)56(52-64)73-62/h15-16,19,22,44,48,54-56,59-62,64-65,68-70H,3-14,17-18,20-21,23-43,45-47,49-53H2,1-2H3,(H,63,66)/b16-15-,22-19-,48-44+. The summed E-state index contributed by atoms with van der Waals surface area (Å²) in [5, 5.41) is 54.2. The van der Waals surface area contributed by atoms with Gasteiger partial charge >= 0.3 is 5.97 Å². The fourth-order valence-electron chi connectivity index (χ4n) is 9.54. The second-order valence-electron chi connectivity index (χ2n) is 21.4. The Morgan fingerprint density at radius 1 is 0.493 bits per heavy atom. The second-order valence-corrected chi connectivity index (χ2v) is 21.4. The predicted octanol–water partition coefficient (Wildman–Crippen LogP) is 14.3. The molecule has 1 fully saturated rings. The predicted molar refractivity (Wildman–Crippen MR) is 301 cm³/mol. The summed E-state index contributed by atoms with van der Waals surface area (Å²) in [6.45, 7) is 4.28. The molecule has 428 valence electrons. The summed E-state index contributed by atoms with van der Waals surface area (Å²) in [7, 11) is 0. The van der Waals surface area contributed by atoms with Crippen molar-refractivity contribution in [2.75, 3.05) is 19.8 Å². The van der Waals surface area contributed by atoms with E-state index in [2.05, 4.69) is 43.5 Å². The summed E-state index contributed by atoms with van der Waals surface area (Å²) in [5.74, 6) is -0.215. The Morgan fingerprint density at radius 2 is 0.877 bits per heavy atom. The number of hydrogen-bond donors (Lipinski definition) is 6. The number of aliphatic hydroxyl groups is 5. The van der Waals surface area contributed by atoms with E-state index in [-0.39, 0.29) is 18.5 Å². The molecular weight excluding hydrogens is 919 g/mol. The highest BCUT2D eigenvalue weighted by molar-refractivity contribution is 5.76. The third kappa shape index (κ3) is 41.7. The van der Waals surface area contributed by atoms with Crippen molar-refractivity contribution in [2.24, 2.45) is 0 Å². The Hall–Kier alpha value is -2.12. The van der Waals surface area contributed by atoms with Crippen molar-refractivity contribution < 1.29 is 49.3 Å². The van der Waals surface area contributed by atoms with E-state index in [9.17, 15) is 35.1 Å². The number of esters is 1. The maximum atomic E-state index is 13.0. The molecule has 0 spiro atoms. The molecule has 0 aliphatic carbocycles. The van der Waals surface area contributed by atoms with Gasteiger partial charge in [0.15, 0.2) is 6.29 Å². The zero-order valence-corrected chi connectivity index (χ0v) is 47.1. The molecule has 11 nitrogen and oxygen atoms in total. The van der Waals surface area contributed by atoms with Gasteiger partial charge < -0.3 is 45.1 Å². The van der Waals surface area contributed by atoms with Gasteiger partial charge in [0, 0.05) is 12.8 Å². The first-order valence-electron chi connectivity index (χ1n) is 30.8. The van der Waals surface area contributed by atoms with Crippen molar-refractivity contribution in [3.05, 3.63) is 36.5 Å². The average Bonchev–Trinajstić information content (AvgIpc) is 3.39. The molecule has 73 heavy (non-hydrogen) atoms. The van der Waals surface area contributed by atoms with Crippen LogP contribution in [0.1, 0.15) is 284 Å². The number of carbonyl (C=O) groups excluding carboxylic acids is 2. The molecule has 11 heteroatoms. The molecule has 1 amide bonds. The van der Waals surface area contributed by atoms with Crippen molar-refractivity contribution in [3.63, 3.8) is 0 Å². The normalized spacial score (nSPS) is 19.1. The van der Waals surface area contributed by atoms with Gasteiger partial charge in [0.25, 0.3) is 0 Å². The highest BCUT2D eigenvalue weighted by Crippen LogP contribution is 2.23. The molecule has 0 aromatic rings. The Labute approximate surface area is 447 Å². The van der Waals surface area contributed by atoms with Crippen LogP contribution in [0.15, 0.2) is 36.5 Å². The van der Waals surface area contributed by atoms with Gasteiger partial charge in [-0.25, -0.2) is 0 Å². The van der Waals surface area contributed by atoms with Gasteiger partial charge in [0.2, 0.25) is 5.91 Å². The molecule has 1 saturated heterocycles. The van der Waals surface area contributed by atoms with Crippen LogP contribution in [0.3, 0.4) is 0 Å². The molecule has 0 radical (unpaired) electrons. The molecule has 7 atom stereocenters. The van der Waals surface area contributed by atoms with Crippen LogP contribution in [0.4, 0.5) is 0 Å². The zero-order chi connectivity index (χ0) is 53.1. The number of rotatable bonds is 53. The van der Waals surface area contributed by atoms with Crippen LogP contribution in [-0.4, -0.2) is 100 Å². The topological polar surface area (TPSA) is 175 Å². The highest BCUT2D eigenvalue weighted by atomic mass is 16.7. The minimum Gasteiger partial charge on any atom is -0.466 e. The van der Waals surface area contributed by atoms with Crippen LogP contribution in [0.25, 0.3) is 0 Å². The van der Waals surface area contributed by atoms with Crippen molar-refractivity contribution in [3.8, 4) is 0 Å². The summed E-state index contributed by atoms with van der Waals surface area (Å²) < 4.78 is 16.7. The van der Waals surface area contributed by atoms with Crippen LogP contribution in [-0.2, 0) is 23.8 Å². The molecule has 1 heterocycles. The zero-order valence-electron chi connectivity index (χ0n) is 47.1. The average molecular weight is 1030 g/mol. The highest BCUT2D eigenvalue weighted by Gasteiger charge is 2.44. The lowest BCUT2D eigenvalue weighted by molar-refractivity contribution is -0.302. The first-order valence-corrected chi connectivity index (χ1v) is 30.8. The number of amides is 1. The van der Waals surface area contributed by atoms with Gasteiger partial charge in [-0.15, -0.1) is 0 Å². The maximum Gasteiger partial charge on any atom is 0.305 e. The summed E-state index contributed by atoms with van der Waals surface area (Å²) >= 11 is 0. The lowest BCUT2D eigenvalue weighted by Crippen LogP contribution is -2.60. The van der Waals surface area contributed by atoms with Crippen LogP contribution < -0.4 is 5.32 Å². The van der Waals surface area contributed by atoms with E-state index >= 15 is 0 Å². The van der Waals surface area contributed by atoms with Crippen molar-refractivity contribution in [1.82, 2.24) is 5.32 Å². The van der Waals surface area contributed by atoms with Crippen LogP contribution in [0.2, 0.25) is 0 Å². The first kappa shape index (κ1) is 68.9. The third-order valence-corrected chi connectivity index (χ3v) is 14.5. The number of ether oxygens (including phenoxy) is 3. The lowest BCUT2D eigenvalue weighted by atomic mass is 9.99. The van der Waals surface area contributed by atoms with E-state index < -0.39 is 49.5 Å².